The van der Waals surface area contributed by atoms with Crippen molar-refractivity contribution in [1.82, 2.24) is 4.98 Å². The summed E-state index contributed by atoms with van der Waals surface area (Å²) in [5.41, 5.74) is 1.80. The first-order valence-electron chi connectivity index (χ1n) is 3.39. The Labute approximate surface area is 87.9 Å². The van der Waals surface area contributed by atoms with E-state index < -0.39 is 0 Å². The van der Waals surface area contributed by atoms with Crippen molar-refractivity contribution >= 4 is 45.5 Å². The Balaban J connectivity index is 2.67. The molecule has 1 heterocycles. The lowest BCUT2D eigenvalue weighted by Gasteiger charge is -1.86. The molecule has 1 aromatic carbocycles. The number of rotatable bonds is 1. The first-order chi connectivity index (χ1) is 5.79. The molecule has 0 saturated heterocycles. The summed E-state index contributed by atoms with van der Waals surface area (Å²) >= 11 is 3.77. The van der Waals surface area contributed by atoms with Crippen LogP contribution in [0.5, 0.6) is 0 Å². The number of benzene rings is 1. The van der Waals surface area contributed by atoms with Gasteiger partial charge < -0.3 is 4.42 Å². The van der Waals surface area contributed by atoms with E-state index >= 15 is 0 Å². The van der Waals surface area contributed by atoms with Crippen molar-refractivity contribution in [3.8, 4) is 0 Å². The lowest BCUT2D eigenvalue weighted by molar-refractivity contribution is 0.490. The van der Waals surface area contributed by atoms with Crippen LogP contribution in [-0.2, 0) is 0 Å². The Hall–Kier alpha value is -0.230. The molecule has 0 saturated carbocycles. The molecule has 0 fully saturated rings. The molecular weight excluding hydrogens is 285 g/mol. The highest BCUT2D eigenvalue weighted by Gasteiger charge is 2.03. The normalized spacial score (nSPS) is 10.8. The lowest BCUT2D eigenvalue weighted by atomic mass is 10.3. The fourth-order valence-corrected chi connectivity index (χ4v) is 1.79. The van der Waals surface area contributed by atoms with E-state index in [4.69, 9.17) is 4.42 Å². The Morgan fingerprint density at radius 1 is 1.50 bits per heavy atom. The van der Waals surface area contributed by atoms with Gasteiger partial charge >= 0.3 is 0 Å². The smallest absolute Gasteiger partial charge is 0.256 e. The third kappa shape index (κ3) is 1.45. The van der Waals surface area contributed by atoms with Crippen LogP contribution in [0.25, 0.3) is 11.1 Å². The quantitative estimate of drug-likeness (QED) is 0.596. The molecule has 0 N–H and O–H groups in total. The van der Waals surface area contributed by atoms with Crippen LogP contribution >= 0.6 is 34.4 Å². The van der Waals surface area contributed by atoms with Gasteiger partial charge in [0.1, 0.15) is 5.52 Å². The van der Waals surface area contributed by atoms with Crippen molar-refractivity contribution in [3.63, 3.8) is 0 Å². The summed E-state index contributed by atoms with van der Waals surface area (Å²) in [6.45, 7) is 0. The highest BCUT2D eigenvalue weighted by Crippen LogP contribution is 2.22. The van der Waals surface area contributed by atoms with Gasteiger partial charge in [-0.3, -0.25) is 0 Å². The third-order valence-electron chi connectivity index (χ3n) is 1.51. The predicted molar refractivity (Wildman–Crippen MR) is 58.5 cm³/mol. The first kappa shape index (κ1) is 8.37. The number of fused-ring (bicyclic) bond motifs is 1. The number of aromatic nitrogens is 1. The highest BCUT2D eigenvalue weighted by molar-refractivity contribution is 14.1. The van der Waals surface area contributed by atoms with Crippen molar-refractivity contribution in [1.29, 1.82) is 0 Å². The van der Waals surface area contributed by atoms with Crippen molar-refractivity contribution in [2.75, 3.05) is 6.26 Å². The van der Waals surface area contributed by atoms with E-state index in [0.29, 0.717) is 0 Å². The Morgan fingerprint density at radius 2 is 2.33 bits per heavy atom. The van der Waals surface area contributed by atoms with Gasteiger partial charge in [-0.2, -0.15) is 0 Å². The molecule has 0 unspecified atom stereocenters. The summed E-state index contributed by atoms with van der Waals surface area (Å²) in [5, 5.41) is 0.729. The standard InChI is InChI=1S/C8H6INOS/c1-12-8-10-6-3-2-5(9)4-7(6)11-8/h2-4H,1H3. The monoisotopic (exact) mass is 291 g/mol. The molecule has 0 bridgehead atoms. The molecule has 0 aliphatic carbocycles. The maximum Gasteiger partial charge on any atom is 0.256 e. The number of hydrogen-bond acceptors (Lipinski definition) is 3. The Bertz CT molecular complexity index is 412. The Morgan fingerprint density at radius 3 is 3.08 bits per heavy atom. The summed E-state index contributed by atoms with van der Waals surface area (Å²) in [7, 11) is 0. The van der Waals surface area contributed by atoms with E-state index in [-0.39, 0.29) is 0 Å². The van der Waals surface area contributed by atoms with Crippen molar-refractivity contribution < 1.29 is 4.42 Å². The molecule has 4 heteroatoms. The van der Waals surface area contributed by atoms with Crippen LogP contribution in [0.2, 0.25) is 0 Å². The molecule has 0 amide bonds. The van der Waals surface area contributed by atoms with Crippen molar-refractivity contribution in [3.05, 3.63) is 21.8 Å². The average molecular weight is 291 g/mol. The summed E-state index contributed by atoms with van der Waals surface area (Å²) < 4.78 is 6.62. The van der Waals surface area contributed by atoms with Crippen LogP contribution in [0.4, 0.5) is 0 Å². The van der Waals surface area contributed by atoms with Crippen LogP contribution in [-0.4, -0.2) is 11.2 Å². The minimum absolute atomic E-state index is 0.729. The van der Waals surface area contributed by atoms with Gasteiger partial charge in [-0.15, -0.1) is 0 Å². The average Bonchev–Trinajstić information content (AvgIpc) is 2.46. The molecule has 12 heavy (non-hydrogen) atoms. The zero-order valence-electron chi connectivity index (χ0n) is 6.37. The number of hydrogen-bond donors (Lipinski definition) is 0. The molecular formula is C8H6INOS. The Kier molecular flexibility index (Phi) is 2.27. The van der Waals surface area contributed by atoms with Crippen LogP contribution in [0.1, 0.15) is 0 Å². The van der Waals surface area contributed by atoms with Crippen molar-refractivity contribution in [2.24, 2.45) is 0 Å². The first-order valence-corrected chi connectivity index (χ1v) is 5.70. The van der Waals surface area contributed by atoms with Gasteiger partial charge in [-0.05, 0) is 47.0 Å². The van der Waals surface area contributed by atoms with E-state index in [1.165, 1.54) is 15.3 Å². The molecule has 0 aliphatic rings. The highest BCUT2D eigenvalue weighted by atomic mass is 127. The summed E-state index contributed by atoms with van der Waals surface area (Å²) in [5.74, 6) is 0. The van der Waals surface area contributed by atoms with E-state index in [2.05, 4.69) is 27.6 Å². The maximum absolute atomic E-state index is 5.45. The molecule has 0 aliphatic heterocycles. The van der Waals surface area contributed by atoms with Gasteiger partial charge in [0.15, 0.2) is 5.58 Å². The predicted octanol–water partition coefficient (Wildman–Crippen LogP) is 3.15. The van der Waals surface area contributed by atoms with Gasteiger partial charge in [-0.1, -0.05) is 11.8 Å². The van der Waals surface area contributed by atoms with E-state index in [9.17, 15) is 0 Å². The number of nitrogens with zero attached hydrogens (tertiary/aromatic N) is 1. The van der Waals surface area contributed by atoms with Gasteiger partial charge in [0.2, 0.25) is 0 Å². The minimum atomic E-state index is 0.729. The molecule has 2 aromatic rings. The molecule has 2 nitrogen and oxygen atoms in total. The largest absolute Gasteiger partial charge is 0.431 e. The zero-order chi connectivity index (χ0) is 8.55. The van der Waals surface area contributed by atoms with E-state index in [1.54, 1.807) is 0 Å². The fourth-order valence-electron chi connectivity index (χ4n) is 0.965. The summed E-state index contributed by atoms with van der Waals surface area (Å²) in [6.07, 6.45) is 1.95. The van der Waals surface area contributed by atoms with Gasteiger partial charge in [-0.25, -0.2) is 4.98 Å². The number of oxazole rings is 1. The second-order valence-electron chi connectivity index (χ2n) is 2.30. The molecule has 0 atom stereocenters. The zero-order valence-corrected chi connectivity index (χ0v) is 9.35. The molecule has 1 aromatic heterocycles. The molecule has 2 rings (SSSR count). The molecule has 0 spiro atoms. The molecule has 62 valence electrons. The third-order valence-corrected chi connectivity index (χ3v) is 2.70. The second-order valence-corrected chi connectivity index (χ2v) is 4.30. The van der Waals surface area contributed by atoms with Crippen LogP contribution < -0.4 is 0 Å². The lowest BCUT2D eigenvalue weighted by Crippen LogP contribution is -1.69. The van der Waals surface area contributed by atoms with E-state index in [1.807, 2.05) is 24.5 Å². The van der Waals surface area contributed by atoms with Gasteiger partial charge in [0, 0.05) is 3.57 Å². The van der Waals surface area contributed by atoms with Gasteiger partial charge in [0.25, 0.3) is 5.22 Å². The van der Waals surface area contributed by atoms with E-state index in [0.717, 1.165) is 16.3 Å². The van der Waals surface area contributed by atoms with Gasteiger partial charge in [0.05, 0.1) is 0 Å². The minimum Gasteiger partial charge on any atom is -0.431 e. The summed E-state index contributed by atoms with van der Waals surface area (Å²) in [4.78, 5) is 4.27. The SMILES string of the molecule is CSc1nc2ccc(I)cc2o1. The number of thioether (sulfide) groups is 1. The van der Waals surface area contributed by atoms with Crippen molar-refractivity contribution in [2.45, 2.75) is 5.22 Å². The van der Waals surface area contributed by atoms with Crippen LogP contribution in [0.15, 0.2) is 27.8 Å². The van der Waals surface area contributed by atoms with Crippen LogP contribution in [0, 0.1) is 3.57 Å². The summed E-state index contributed by atoms with van der Waals surface area (Å²) in [6, 6.07) is 5.98. The maximum atomic E-state index is 5.45. The second kappa shape index (κ2) is 3.26. The fraction of sp³-hybridized carbons (Fsp3) is 0.125. The number of halogens is 1. The van der Waals surface area contributed by atoms with Crippen LogP contribution in [0.3, 0.4) is 0 Å². The topological polar surface area (TPSA) is 26.0 Å². The molecule has 0 radical (unpaired) electrons.